The number of aliphatic hydroxyl groups is 1. The number of sulfonamides is 1. The van der Waals surface area contributed by atoms with Crippen molar-refractivity contribution in [1.29, 1.82) is 0 Å². The molecule has 2 aromatic rings. The van der Waals surface area contributed by atoms with Gasteiger partial charge >= 0.3 is 0 Å². The van der Waals surface area contributed by atoms with Crippen LogP contribution in [0.2, 0.25) is 0 Å². The van der Waals surface area contributed by atoms with Gasteiger partial charge in [0.15, 0.2) is 0 Å². The number of anilines is 1. The van der Waals surface area contributed by atoms with Gasteiger partial charge in [-0.25, -0.2) is 13.4 Å². The Balaban J connectivity index is 1.93. The quantitative estimate of drug-likeness (QED) is 0.809. The van der Waals surface area contributed by atoms with Crippen molar-refractivity contribution in [2.75, 3.05) is 18.4 Å². The maximum absolute atomic E-state index is 12.7. The van der Waals surface area contributed by atoms with E-state index in [1.807, 2.05) is 17.7 Å². The zero-order valence-electron chi connectivity index (χ0n) is 14.6. The maximum Gasteiger partial charge on any atom is 0.261 e. The van der Waals surface area contributed by atoms with E-state index in [-0.39, 0.29) is 11.5 Å². The van der Waals surface area contributed by atoms with Crippen molar-refractivity contribution in [3.63, 3.8) is 0 Å². The second-order valence-electron chi connectivity index (χ2n) is 5.98. The van der Waals surface area contributed by atoms with Crippen LogP contribution in [0.25, 0.3) is 5.69 Å². The first-order valence-electron chi connectivity index (χ1n) is 8.16. The van der Waals surface area contributed by atoms with Crippen molar-refractivity contribution >= 4 is 15.7 Å². The number of nitrogens with one attached hydrogen (secondary N) is 1. The lowest BCUT2D eigenvalue weighted by Crippen LogP contribution is -2.18. The summed E-state index contributed by atoms with van der Waals surface area (Å²) in [7, 11) is -2.26. The van der Waals surface area contributed by atoms with E-state index in [9.17, 15) is 13.5 Å². The first kappa shape index (κ1) is 18.2. The van der Waals surface area contributed by atoms with Gasteiger partial charge < -0.3 is 14.4 Å². The minimum Gasteiger partial charge on any atom is -0.494 e. The number of aliphatic hydroxyl groups excluding tert-OH is 1. The topological polar surface area (TPSA) is 93.5 Å². The monoisotopic (exact) mass is 375 g/mol. The number of aryl methyl sites for hydroxylation is 1. The van der Waals surface area contributed by atoms with Crippen LogP contribution in [0.4, 0.5) is 5.69 Å². The molecule has 26 heavy (non-hydrogen) atoms. The maximum atomic E-state index is 12.7. The summed E-state index contributed by atoms with van der Waals surface area (Å²) in [5, 5.41) is 9.42. The van der Waals surface area contributed by atoms with E-state index in [0.29, 0.717) is 23.4 Å². The molecular formula is C18H21N3O4S. The molecule has 0 spiro atoms. The molecule has 3 rings (SSSR count). The molecule has 0 atom stereocenters. The predicted octanol–water partition coefficient (Wildman–Crippen LogP) is 2.53. The Morgan fingerprint density at radius 3 is 2.85 bits per heavy atom. The van der Waals surface area contributed by atoms with E-state index in [1.165, 1.54) is 13.2 Å². The normalized spacial score (nSPS) is 14.6. The van der Waals surface area contributed by atoms with Crippen molar-refractivity contribution in [1.82, 2.24) is 9.55 Å². The highest BCUT2D eigenvalue weighted by Crippen LogP contribution is 2.29. The number of allylic oxidation sites excluding steroid dienone is 2. The molecule has 0 amide bonds. The molecule has 1 aliphatic rings. The van der Waals surface area contributed by atoms with Gasteiger partial charge in [0.05, 0.1) is 42.0 Å². The number of methoxy groups -OCH3 is 1. The van der Waals surface area contributed by atoms with Crippen molar-refractivity contribution < 1.29 is 18.3 Å². The van der Waals surface area contributed by atoms with E-state index in [4.69, 9.17) is 4.74 Å². The SMILES string of the molecule is COc1cc(NS(=O)(=O)C2=C(CO)CCC=C2)ccc1-n1cnc(C)c1. The van der Waals surface area contributed by atoms with Crippen LogP contribution in [-0.2, 0) is 10.0 Å². The Hall–Kier alpha value is -2.58. The molecule has 8 heteroatoms. The smallest absolute Gasteiger partial charge is 0.261 e. The highest BCUT2D eigenvalue weighted by atomic mass is 32.2. The summed E-state index contributed by atoms with van der Waals surface area (Å²) in [6, 6.07) is 5.04. The third-order valence-electron chi connectivity index (χ3n) is 4.13. The molecule has 0 saturated carbocycles. The highest BCUT2D eigenvalue weighted by molar-refractivity contribution is 7.96. The van der Waals surface area contributed by atoms with E-state index >= 15 is 0 Å². The minimum atomic E-state index is -3.79. The van der Waals surface area contributed by atoms with Gasteiger partial charge in [-0.1, -0.05) is 6.08 Å². The fraction of sp³-hybridized carbons (Fsp3) is 0.278. The molecule has 2 N–H and O–H groups in total. The molecule has 0 fully saturated rings. The summed E-state index contributed by atoms with van der Waals surface area (Å²) in [5.41, 5.74) is 2.51. The minimum absolute atomic E-state index is 0.125. The van der Waals surface area contributed by atoms with Crippen LogP contribution in [-0.4, -0.2) is 36.8 Å². The Kier molecular flexibility index (Phi) is 5.15. The van der Waals surface area contributed by atoms with Crippen LogP contribution in [0.3, 0.4) is 0 Å². The Morgan fingerprint density at radius 2 is 2.19 bits per heavy atom. The first-order valence-corrected chi connectivity index (χ1v) is 9.64. The summed E-state index contributed by atoms with van der Waals surface area (Å²) < 4.78 is 35.2. The van der Waals surface area contributed by atoms with Crippen molar-refractivity contribution in [3.05, 3.63) is 59.0 Å². The number of rotatable bonds is 6. The fourth-order valence-electron chi connectivity index (χ4n) is 2.84. The second kappa shape index (κ2) is 7.35. The molecule has 1 heterocycles. The number of nitrogens with zero attached hydrogens (tertiary/aromatic N) is 2. The van der Waals surface area contributed by atoms with Gasteiger partial charge in [0.1, 0.15) is 5.75 Å². The van der Waals surface area contributed by atoms with E-state index in [0.717, 1.165) is 17.8 Å². The molecule has 0 radical (unpaired) electrons. The number of ether oxygens (including phenoxy) is 1. The number of hydrogen-bond acceptors (Lipinski definition) is 5. The van der Waals surface area contributed by atoms with Crippen LogP contribution in [0.15, 0.2) is 53.4 Å². The zero-order chi connectivity index (χ0) is 18.7. The zero-order valence-corrected chi connectivity index (χ0v) is 15.5. The summed E-state index contributed by atoms with van der Waals surface area (Å²) in [4.78, 5) is 4.31. The van der Waals surface area contributed by atoms with Gasteiger partial charge in [0.2, 0.25) is 0 Å². The van der Waals surface area contributed by atoms with Gasteiger partial charge in [-0.15, -0.1) is 0 Å². The van der Waals surface area contributed by atoms with E-state index in [1.54, 1.807) is 30.6 Å². The second-order valence-corrected chi connectivity index (χ2v) is 7.63. The van der Waals surface area contributed by atoms with Gasteiger partial charge in [-0.3, -0.25) is 4.72 Å². The van der Waals surface area contributed by atoms with Crippen LogP contribution in [0, 0.1) is 6.92 Å². The van der Waals surface area contributed by atoms with Crippen molar-refractivity contribution in [2.24, 2.45) is 0 Å². The molecular weight excluding hydrogens is 354 g/mol. The average molecular weight is 375 g/mol. The third kappa shape index (κ3) is 3.66. The summed E-state index contributed by atoms with van der Waals surface area (Å²) >= 11 is 0. The standard InChI is InChI=1S/C18H21N3O4S/c1-13-10-21(12-19-13)16-8-7-15(9-17(16)25-2)20-26(23,24)18-6-4-3-5-14(18)11-22/h4,6-10,12,20,22H,3,5,11H2,1-2H3. The molecule has 1 aliphatic carbocycles. The Bertz CT molecular complexity index is 974. The summed E-state index contributed by atoms with van der Waals surface area (Å²) in [6.45, 7) is 1.61. The van der Waals surface area contributed by atoms with Crippen molar-refractivity contribution in [3.8, 4) is 11.4 Å². The Labute approximate surface area is 152 Å². The number of hydrogen-bond donors (Lipinski definition) is 2. The first-order chi connectivity index (χ1) is 12.4. The fourth-order valence-corrected chi connectivity index (χ4v) is 4.21. The molecule has 7 nitrogen and oxygen atoms in total. The van der Waals surface area contributed by atoms with Crippen LogP contribution >= 0.6 is 0 Å². The highest BCUT2D eigenvalue weighted by Gasteiger charge is 2.22. The number of aromatic nitrogens is 2. The number of benzene rings is 1. The van der Waals surface area contributed by atoms with Crippen LogP contribution < -0.4 is 9.46 Å². The lowest BCUT2D eigenvalue weighted by atomic mass is 10.1. The third-order valence-corrected chi connectivity index (χ3v) is 5.64. The average Bonchev–Trinajstić information content (AvgIpc) is 3.07. The van der Waals surface area contributed by atoms with E-state index < -0.39 is 10.0 Å². The largest absolute Gasteiger partial charge is 0.494 e. The molecule has 0 unspecified atom stereocenters. The van der Waals surface area contributed by atoms with E-state index in [2.05, 4.69) is 9.71 Å². The Morgan fingerprint density at radius 1 is 1.38 bits per heavy atom. The van der Waals surface area contributed by atoms with Gasteiger partial charge in [0, 0.05) is 12.3 Å². The molecule has 0 saturated heterocycles. The molecule has 0 bridgehead atoms. The predicted molar refractivity (Wildman–Crippen MR) is 99.9 cm³/mol. The van der Waals surface area contributed by atoms with Gasteiger partial charge in [0.25, 0.3) is 10.0 Å². The van der Waals surface area contributed by atoms with Crippen LogP contribution in [0.1, 0.15) is 18.5 Å². The lowest BCUT2D eigenvalue weighted by molar-refractivity contribution is 0.326. The summed E-state index contributed by atoms with van der Waals surface area (Å²) in [5.74, 6) is 0.512. The van der Waals surface area contributed by atoms with Crippen LogP contribution in [0.5, 0.6) is 5.75 Å². The van der Waals surface area contributed by atoms with Gasteiger partial charge in [-0.2, -0.15) is 0 Å². The van der Waals surface area contributed by atoms with Crippen molar-refractivity contribution in [2.45, 2.75) is 19.8 Å². The summed E-state index contributed by atoms with van der Waals surface area (Å²) in [6.07, 6.45) is 8.11. The lowest BCUT2D eigenvalue weighted by Gasteiger charge is -2.17. The number of imidazole rings is 1. The molecule has 138 valence electrons. The molecule has 1 aromatic heterocycles. The molecule has 0 aliphatic heterocycles. The molecule has 1 aromatic carbocycles. The van der Waals surface area contributed by atoms with Gasteiger partial charge in [-0.05, 0) is 43.5 Å².